The molecule has 1 fully saturated rings. The number of nitrogens with one attached hydrogen (secondary N) is 1. The lowest BCUT2D eigenvalue weighted by Gasteiger charge is -2.32. The van der Waals surface area contributed by atoms with Crippen LogP contribution in [0.5, 0.6) is 0 Å². The predicted molar refractivity (Wildman–Crippen MR) is 77.1 cm³/mol. The van der Waals surface area contributed by atoms with Crippen LogP contribution >= 0.6 is 0 Å². The van der Waals surface area contributed by atoms with Crippen molar-refractivity contribution < 1.29 is 4.74 Å². The minimum absolute atomic E-state index is 0.793. The van der Waals surface area contributed by atoms with Gasteiger partial charge in [0.1, 0.15) is 0 Å². The third-order valence-electron chi connectivity index (χ3n) is 3.68. The van der Waals surface area contributed by atoms with Gasteiger partial charge in [-0.15, -0.1) is 0 Å². The number of likely N-dealkylation sites (N-methyl/N-ethyl adjacent to an activating group) is 1. The molecule has 0 saturated carbocycles. The molecule has 1 saturated heterocycles. The zero-order valence-electron chi connectivity index (χ0n) is 12.5. The van der Waals surface area contributed by atoms with Crippen LogP contribution in [0.1, 0.15) is 25.7 Å². The maximum Gasteiger partial charge on any atom is 0.0593 e. The molecule has 1 aliphatic heterocycles. The molecule has 0 spiro atoms. The van der Waals surface area contributed by atoms with Crippen molar-refractivity contribution in [3.8, 4) is 0 Å². The summed E-state index contributed by atoms with van der Waals surface area (Å²) in [5.74, 6) is 0. The molecule has 4 nitrogen and oxygen atoms in total. The smallest absolute Gasteiger partial charge is 0.0593 e. The van der Waals surface area contributed by atoms with E-state index >= 15 is 0 Å². The number of rotatable bonds is 9. The molecule has 1 heterocycles. The summed E-state index contributed by atoms with van der Waals surface area (Å²) >= 11 is 0. The van der Waals surface area contributed by atoms with E-state index in [1.165, 1.54) is 32.2 Å². The monoisotopic (exact) mass is 257 g/mol. The first-order valence-electron chi connectivity index (χ1n) is 7.33. The van der Waals surface area contributed by atoms with Gasteiger partial charge in [-0.2, -0.15) is 0 Å². The summed E-state index contributed by atoms with van der Waals surface area (Å²) in [6, 6.07) is 0.793. The van der Waals surface area contributed by atoms with Gasteiger partial charge in [0.05, 0.1) is 13.2 Å². The van der Waals surface area contributed by atoms with E-state index in [0.717, 1.165) is 38.9 Å². The van der Waals surface area contributed by atoms with E-state index in [0.29, 0.717) is 0 Å². The van der Waals surface area contributed by atoms with Crippen LogP contribution in [0.25, 0.3) is 0 Å². The lowest BCUT2D eigenvalue weighted by atomic mass is 10.0. The molecule has 0 amide bonds. The van der Waals surface area contributed by atoms with Crippen LogP contribution in [0.15, 0.2) is 0 Å². The molecule has 0 aliphatic carbocycles. The zero-order chi connectivity index (χ0) is 13.2. The Kier molecular flexibility index (Phi) is 8.59. The van der Waals surface area contributed by atoms with Crippen molar-refractivity contribution in [2.24, 2.45) is 0 Å². The third-order valence-corrected chi connectivity index (χ3v) is 3.68. The molecule has 0 aromatic rings. The Morgan fingerprint density at radius 3 is 2.78 bits per heavy atom. The van der Waals surface area contributed by atoms with Gasteiger partial charge in [-0.25, -0.2) is 0 Å². The lowest BCUT2D eigenvalue weighted by molar-refractivity contribution is 0.118. The maximum absolute atomic E-state index is 5.54. The lowest BCUT2D eigenvalue weighted by Crippen LogP contribution is -2.38. The van der Waals surface area contributed by atoms with Crippen molar-refractivity contribution >= 4 is 0 Å². The van der Waals surface area contributed by atoms with Gasteiger partial charge in [-0.1, -0.05) is 6.42 Å². The normalized spacial score (nSPS) is 21.7. The number of likely N-dealkylation sites (tertiary alicyclic amines) is 1. The average molecular weight is 257 g/mol. The summed E-state index contributed by atoms with van der Waals surface area (Å²) in [4.78, 5) is 4.66. The molecule has 0 radical (unpaired) electrons. The molecular formula is C14H31N3O. The van der Waals surface area contributed by atoms with Crippen molar-refractivity contribution in [1.29, 1.82) is 0 Å². The number of nitrogens with zero attached hydrogens (tertiary/aromatic N) is 2. The highest BCUT2D eigenvalue weighted by Gasteiger charge is 2.17. The molecular weight excluding hydrogens is 226 g/mol. The Labute approximate surface area is 113 Å². The van der Waals surface area contributed by atoms with E-state index < -0.39 is 0 Å². The summed E-state index contributed by atoms with van der Waals surface area (Å²) in [7, 11) is 6.40. The van der Waals surface area contributed by atoms with Gasteiger partial charge in [0.15, 0.2) is 0 Å². The third kappa shape index (κ3) is 7.31. The quantitative estimate of drug-likeness (QED) is 0.624. The second-order valence-electron chi connectivity index (χ2n) is 5.58. The molecule has 108 valence electrons. The minimum Gasteiger partial charge on any atom is -0.379 e. The molecule has 0 aromatic carbocycles. The molecule has 1 N–H and O–H groups in total. The standard InChI is InChI=1S/C14H31N3O/c1-16(2)11-13-18-12-9-15-8-7-14-6-4-5-10-17(14)3/h14-15H,4-13H2,1-3H3. The summed E-state index contributed by atoms with van der Waals surface area (Å²) in [6.45, 7) is 6.04. The molecule has 1 aliphatic rings. The Hall–Kier alpha value is -0.160. The molecule has 1 rings (SSSR count). The highest BCUT2D eigenvalue weighted by atomic mass is 16.5. The largest absolute Gasteiger partial charge is 0.379 e. The Morgan fingerprint density at radius 1 is 1.22 bits per heavy atom. The van der Waals surface area contributed by atoms with E-state index in [1.807, 2.05) is 0 Å². The van der Waals surface area contributed by atoms with Gasteiger partial charge in [0, 0.05) is 19.1 Å². The van der Waals surface area contributed by atoms with Crippen molar-refractivity contribution in [3.05, 3.63) is 0 Å². The van der Waals surface area contributed by atoms with Crippen LogP contribution in [0, 0.1) is 0 Å². The fourth-order valence-electron chi connectivity index (χ4n) is 2.40. The topological polar surface area (TPSA) is 27.7 Å². The van der Waals surface area contributed by atoms with Crippen molar-refractivity contribution in [2.45, 2.75) is 31.7 Å². The summed E-state index contributed by atoms with van der Waals surface area (Å²) in [5, 5.41) is 3.48. The van der Waals surface area contributed by atoms with Gasteiger partial charge < -0.3 is 19.9 Å². The highest BCUT2D eigenvalue weighted by molar-refractivity contribution is 4.74. The van der Waals surface area contributed by atoms with Gasteiger partial charge in [-0.05, 0) is 53.5 Å². The van der Waals surface area contributed by atoms with Crippen LogP contribution in [-0.4, -0.2) is 76.4 Å². The second kappa shape index (κ2) is 9.73. The summed E-state index contributed by atoms with van der Waals surface area (Å²) < 4.78 is 5.54. The number of ether oxygens (including phenoxy) is 1. The number of hydrogen-bond acceptors (Lipinski definition) is 4. The minimum atomic E-state index is 0.793. The number of piperidine rings is 1. The molecule has 0 aromatic heterocycles. The molecule has 1 atom stereocenters. The van der Waals surface area contributed by atoms with Crippen molar-refractivity contribution in [1.82, 2.24) is 15.1 Å². The van der Waals surface area contributed by atoms with Gasteiger partial charge in [0.2, 0.25) is 0 Å². The predicted octanol–water partition coefficient (Wildman–Crippen LogP) is 1.03. The Morgan fingerprint density at radius 2 is 2.06 bits per heavy atom. The molecule has 1 unspecified atom stereocenters. The van der Waals surface area contributed by atoms with Crippen molar-refractivity contribution in [3.63, 3.8) is 0 Å². The van der Waals surface area contributed by atoms with Gasteiger partial charge in [0.25, 0.3) is 0 Å². The fourth-order valence-corrected chi connectivity index (χ4v) is 2.40. The molecule has 0 bridgehead atoms. The average Bonchev–Trinajstić information content (AvgIpc) is 2.34. The van der Waals surface area contributed by atoms with E-state index in [1.54, 1.807) is 0 Å². The SMILES string of the molecule is CN(C)CCOCCNCCC1CCCCN1C. The van der Waals surface area contributed by atoms with Gasteiger partial charge >= 0.3 is 0 Å². The van der Waals surface area contributed by atoms with Crippen molar-refractivity contribution in [2.75, 3.05) is 60.5 Å². The summed E-state index contributed by atoms with van der Waals surface area (Å²) in [6.07, 6.45) is 5.43. The van der Waals surface area contributed by atoms with E-state index in [2.05, 4.69) is 36.3 Å². The summed E-state index contributed by atoms with van der Waals surface area (Å²) in [5.41, 5.74) is 0. The van der Waals surface area contributed by atoms with Crippen LogP contribution in [0.2, 0.25) is 0 Å². The number of hydrogen-bond donors (Lipinski definition) is 1. The Bertz CT molecular complexity index is 199. The highest BCUT2D eigenvalue weighted by Crippen LogP contribution is 2.16. The van der Waals surface area contributed by atoms with E-state index in [-0.39, 0.29) is 0 Å². The van der Waals surface area contributed by atoms with Crippen LogP contribution in [-0.2, 0) is 4.74 Å². The fraction of sp³-hybridized carbons (Fsp3) is 1.00. The van der Waals surface area contributed by atoms with Gasteiger partial charge in [-0.3, -0.25) is 0 Å². The second-order valence-corrected chi connectivity index (χ2v) is 5.58. The van der Waals surface area contributed by atoms with Crippen LogP contribution in [0.3, 0.4) is 0 Å². The van der Waals surface area contributed by atoms with Crippen LogP contribution < -0.4 is 5.32 Å². The first-order chi connectivity index (χ1) is 8.70. The first kappa shape index (κ1) is 15.9. The Balaban J connectivity index is 1.86. The maximum atomic E-state index is 5.54. The van der Waals surface area contributed by atoms with E-state index in [4.69, 9.17) is 4.74 Å². The first-order valence-corrected chi connectivity index (χ1v) is 7.33. The zero-order valence-corrected chi connectivity index (χ0v) is 12.5. The molecule has 4 heteroatoms. The molecule has 18 heavy (non-hydrogen) atoms. The van der Waals surface area contributed by atoms with Crippen LogP contribution in [0.4, 0.5) is 0 Å². The van der Waals surface area contributed by atoms with E-state index in [9.17, 15) is 0 Å².